The van der Waals surface area contributed by atoms with E-state index < -0.39 is 19.7 Å². The average molecular weight is 296 g/mol. The van der Waals surface area contributed by atoms with Gasteiger partial charge in [-0.25, -0.2) is 0 Å². The van der Waals surface area contributed by atoms with Crippen molar-refractivity contribution in [3.05, 3.63) is 0 Å². The van der Waals surface area contributed by atoms with Crippen molar-refractivity contribution >= 4 is 36.6 Å². The summed E-state index contributed by atoms with van der Waals surface area (Å²) >= 11 is -1.65. The number of rotatable bonds is 0. The second-order valence-corrected chi connectivity index (χ2v) is 13.9. The molecule has 0 radical (unpaired) electrons. The van der Waals surface area contributed by atoms with Crippen LogP contribution < -0.4 is 0 Å². The van der Waals surface area contributed by atoms with Gasteiger partial charge in [-0.1, -0.05) is 0 Å². The molecule has 0 unspecified atom stereocenters. The normalized spacial score (nSPS) is 11.2. The van der Waals surface area contributed by atoms with Crippen molar-refractivity contribution in [2.24, 2.45) is 0 Å². The molecule has 0 aromatic carbocycles. The van der Waals surface area contributed by atoms with Crippen molar-refractivity contribution in [2.45, 2.75) is 4.58 Å². The van der Waals surface area contributed by atoms with E-state index in [4.69, 9.17) is 16.9 Å². The van der Waals surface area contributed by atoms with Crippen LogP contribution in [0, 0.1) is 0 Å². The molecule has 0 spiro atoms. The van der Waals surface area contributed by atoms with Gasteiger partial charge in [-0.15, -0.1) is 0 Å². The standard InChI is InChI=1S/CH3.2ClH.Po.H/h1H3;2*1H;;/q;;;+2;/p-2. The second-order valence-electron chi connectivity index (χ2n) is 0.402. The van der Waals surface area contributed by atoms with Gasteiger partial charge in [0.1, 0.15) is 0 Å². The Morgan fingerprint density at radius 2 is 1.50 bits per heavy atom. The van der Waals surface area contributed by atoms with Crippen LogP contribution in [0.25, 0.3) is 0 Å². The summed E-state index contributed by atoms with van der Waals surface area (Å²) in [4.78, 5) is 0. The van der Waals surface area contributed by atoms with Crippen molar-refractivity contribution < 1.29 is 0 Å². The molecule has 0 N–H and O–H groups in total. The molecule has 0 aliphatic carbocycles. The Labute approximate surface area is 41.0 Å². The van der Waals surface area contributed by atoms with Crippen molar-refractivity contribution in [1.82, 2.24) is 0 Å². The summed E-state index contributed by atoms with van der Waals surface area (Å²) in [5, 5.41) is 0. The first-order valence-electron chi connectivity index (χ1n) is 0.785. The molecular weight excluding hydrogens is 292 g/mol. The molecule has 0 amide bonds. The topological polar surface area (TPSA) is 0 Å². The Morgan fingerprint density at radius 1 is 1.50 bits per heavy atom. The van der Waals surface area contributed by atoms with Crippen LogP contribution in [0.4, 0.5) is 0 Å². The van der Waals surface area contributed by atoms with Gasteiger partial charge >= 0.3 is 41.1 Å². The Balaban J connectivity index is 2.32. The summed E-state index contributed by atoms with van der Waals surface area (Å²) < 4.78 is 1.90. The van der Waals surface area contributed by atoms with Crippen molar-refractivity contribution in [1.29, 1.82) is 0 Å². The van der Waals surface area contributed by atoms with E-state index >= 15 is 0 Å². The molecule has 0 nitrogen and oxygen atoms in total. The summed E-state index contributed by atoms with van der Waals surface area (Å²) in [7, 11) is 10.5. The number of halogens is 2. The van der Waals surface area contributed by atoms with Crippen molar-refractivity contribution in [3.63, 3.8) is 0 Å². The summed E-state index contributed by atoms with van der Waals surface area (Å²) in [5.74, 6) is 0. The zero-order chi connectivity index (χ0) is 3.58. The van der Waals surface area contributed by atoms with Crippen molar-refractivity contribution in [3.8, 4) is 0 Å². The van der Waals surface area contributed by atoms with E-state index in [0.717, 1.165) is 0 Å². The zero-order valence-electron chi connectivity index (χ0n) is 2.20. The predicted octanol–water partition coefficient (Wildman–Crippen LogP) is 1.31. The molecule has 4 heavy (non-hydrogen) atoms. The first-order chi connectivity index (χ1) is 1.73. The Morgan fingerprint density at radius 3 is 1.50 bits per heavy atom. The molecule has 0 fully saturated rings. The van der Waals surface area contributed by atoms with E-state index in [1.54, 1.807) is 0 Å². The first kappa shape index (κ1) is 5.48. The van der Waals surface area contributed by atoms with Gasteiger partial charge in [-0.2, -0.15) is 0 Å². The molecule has 0 aromatic rings. The Bertz CT molecular complexity index is 10.8. The second kappa shape index (κ2) is 2.70. The van der Waals surface area contributed by atoms with E-state index in [-0.39, 0.29) is 0 Å². The molecule has 0 aliphatic rings. The van der Waals surface area contributed by atoms with E-state index in [1.807, 2.05) is 4.58 Å². The molecule has 3 heteroatoms. The SMILES string of the molecule is [CH3][PoH]([Cl])[Cl]. The third-order valence-corrected chi connectivity index (χ3v) is 0. The fourth-order valence-electron chi connectivity index (χ4n) is 0. The molecule has 0 saturated heterocycles. The fourth-order valence-corrected chi connectivity index (χ4v) is 0. The summed E-state index contributed by atoms with van der Waals surface area (Å²) in [5.41, 5.74) is 0. The quantitative estimate of drug-likeness (QED) is 0.632. The molecule has 0 bridgehead atoms. The van der Waals surface area contributed by atoms with Gasteiger partial charge in [-0.05, 0) is 0 Å². The van der Waals surface area contributed by atoms with Gasteiger partial charge in [-0.3, -0.25) is 0 Å². The molecule has 0 heterocycles. The predicted molar refractivity (Wildman–Crippen MR) is 24.7 cm³/mol. The van der Waals surface area contributed by atoms with E-state index in [9.17, 15) is 0 Å². The first-order valence-corrected chi connectivity index (χ1v) is 12.8. The monoisotopic (exact) mass is 295 g/mol. The molecule has 0 aliphatic heterocycles. The summed E-state index contributed by atoms with van der Waals surface area (Å²) in [6, 6.07) is 0. The molecule has 0 atom stereocenters. The van der Waals surface area contributed by atoms with Crippen LogP contribution in [-0.2, 0) is 0 Å². The average Bonchev–Trinajstić information content (AvgIpc) is 0.811. The van der Waals surface area contributed by atoms with Gasteiger partial charge in [0.25, 0.3) is 0 Å². The van der Waals surface area contributed by atoms with Gasteiger partial charge in [0.15, 0.2) is 0 Å². The van der Waals surface area contributed by atoms with Gasteiger partial charge < -0.3 is 0 Å². The Kier molecular flexibility index (Phi) is 3.70. The van der Waals surface area contributed by atoms with Crippen molar-refractivity contribution in [2.75, 3.05) is 0 Å². The molecule has 0 rings (SSSR count). The van der Waals surface area contributed by atoms with Crippen LogP contribution in [0.15, 0.2) is 0 Å². The molecule has 0 saturated carbocycles. The van der Waals surface area contributed by atoms with E-state index in [0.29, 0.717) is 0 Å². The van der Waals surface area contributed by atoms with Crippen LogP contribution >= 0.6 is 16.9 Å². The van der Waals surface area contributed by atoms with E-state index in [1.165, 1.54) is 0 Å². The maximum absolute atomic E-state index is 5.24. The van der Waals surface area contributed by atoms with Crippen LogP contribution in [0.2, 0.25) is 4.58 Å². The van der Waals surface area contributed by atoms with Crippen LogP contribution in [0.5, 0.6) is 0 Å². The molecular formula is CH4Cl2Po. The molecule has 28 valence electrons. The minimum atomic E-state index is -1.65. The van der Waals surface area contributed by atoms with Crippen LogP contribution in [0.1, 0.15) is 0 Å². The zero-order valence-corrected chi connectivity index (χ0v) is 7.19. The minimum absolute atomic E-state index is 1.65. The third kappa shape index (κ3) is 9.78. The maximum atomic E-state index is 5.24. The Hall–Kier alpha value is 1.48. The van der Waals surface area contributed by atoms with E-state index in [2.05, 4.69) is 0 Å². The third-order valence-electron chi connectivity index (χ3n) is 0. The molecule has 0 aromatic heterocycles. The van der Waals surface area contributed by atoms with Gasteiger partial charge in [0, 0.05) is 0 Å². The summed E-state index contributed by atoms with van der Waals surface area (Å²) in [6.07, 6.45) is 0. The van der Waals surface area contributed by atoms with Crippen LogP contribution in [0.3, 0.4) is 0 Å². The number of hydrogen-bond acceptors (Lipinski definition) is 0. The van der Waals surface area contributed by atoms with Gasteiger partial charge in [0.2, 0.25) is 0 Å². The fraction of sp³-hybridized carbons (Fsp3) is 1.00. The summed E-state index contributed by atoms with van der Waals surface area (Å²) in [6.45, 7) is 0. The van der Waals surface area contributed by atoms with Crippen LogP contribution in [-0.4, -0.2) is 19.7 Å². The number of hydrogen-bond donors (Lipinski definition) is 0. The van der Waals surface area contributed by atoms with Gasteiger partial charge in [0.05, 0.1) is 0 Å².